The summed E-state index contributed by atoms with van der Waals surface area (Å²) in [5, 5.41) is 3.20. The summed E-state index contributed by atoms with van der Waals surface area (Å²) in [5.41, 5.74) is 2.77. The second-order valence-electron chi connectivity index (χ2n) is 5.64. The molecule has 1 aliphatic carbocycles. The Labute approximate surface area is 130 Å². The third kappa shape index (κ3) is 5.24. The number of ether oxygens (including phenoxy) is 2. The molecule has 0 fully saturated rings. The van der Waals surface area contributed by atoms with Gasteiger partial charge in [-0.2, -0.15) is 0 Å². The van der Waals surface area contributed by atoms with E-state index in [2.05, 4.69) is 32.2 Å². The fraction of sp³-hybridized carbons (Fsp3) is 0.667. The zero-order chi connectivity index (χ0) is 15.7. The first kappa shape index (κ1) is 17.8. The molecular formula is C18H31NO2. The van der Waals surface area contributed by atoms with E-state index in [-0.39, 0.29) is 0 Å². The van der Waals surface area contributed by atoms with Gasteiger partial charge in [-0.1, -0.05) is 26.8 Å². The highest BCUT2D eigenvalue weighted by atomic mass is 16.5. The molecule has 0 aromatic heterocycles. The largest absolute Gasteiger partial charge is 0.493 e. The van der Waals surface area contributed by atoms with Crippen molar-refractivity contribution in [3.8, 4) is 11.5 Å². The molecule has 120 valence electrons. The van der Waals surface area contributed by atoms with Crippen LogP contribution in [-0.4, -0.2) is 27.3 Å². The van der Waals surface area contributed by atoms with Crippen LogP contribution in [-0.2, 0) is 12.8 Å². The summed E-state index contributed by atoms with van der Waals surface area (Å²) in [5.74, 6) is 2.57. The highest BCUT2D eigenvalue weighted by molar-refractivity contribution is 5.51. The molecule has 0 heterocycles. The van der Waals surface area contributed by atoms with E-state index in [1.165, 1.54) is 24.0 Å². The molecule has 1 atom stereocenters. The summed E-state index contributed by atoms with van der Waals surface area (Å²) in [6.07, 6.45) is 4.76. The molecule has 1 N–H and O–H groups in total. The molecule has 1 aromatic rings. The Hall–Kier alpha value is -1.22. The number of hydrogen-bond acceptors (Lipinski definition) is 3. The first-order valence-corrected chi connectivity index (χ1v) is 8.11. The minimum Gasteiger partial charge on any atom is -0.493 e. The van der Waals surface area contributed by atoms with Crippen LogP contribution in [0.5, 0.6) is 11.5 Å². The van der Waals surface area contributed by atoms with Gasteiger partial charge in [0.2, 0.25) is 0 Å². The van der Waals surface area contributed by atoms with E-state index in [0.717, 1.165) is 43.3 Å². The molecule has 1 unspecified atom stereocenters. The molecule has 3 nitrogen and oxygen atoms in total. The molecule has 21 heavy (non-hydrogen) atoms. The summed E-state index contributed by atoms with van der Waals surface area (Å²) in [6.45, 7) is 8.86. The lowest BCUT2D eigenvalue weighted by atomic mass is 9.84. The lowest BCUT2D eigenvalue weighted by Gasteiger charge is -2.24. The zero-order valence-electron chi connectivity index (χ0n) is 14.3. The standard InChI is InChI=1S/C13H18O2.C5H13N/c1-9-4-6-11-10(8-9)5-7-12(14-2)13(11)15-3;1-3-5-6-4-2/h5,7,9H,4,6,8H2,1-3H3;6H,3-5H2,1-2H3. The van der Waals surface area contributed by atoms with Gasteiger partial charge >= 0.3 is 0 Å². The number of fused-ring (bicyclic) bond motifs is 1. The second kappa shape index (κ2) is 9.67. The number of methoxy groups -OCH3 is 2. The summed E-state index contributed by atoms with van der Waals surface area (Å²) in [7, 11) is 3.41. The lowest BCUT2D eigenvalue weighted by molar-refractivity contribution is 0.347. The van der Waals surface area contributed by atoms with Crippen molar-refractivity contribution in [2.75, 3.05) is 27.3 Å². The highest BCUT2D eigenvalue weighted by Gasteiger charge is 2.20. The molecule has 0 saturated carbocycles. The van der Waals surface area contributed by atoms with E-state index in [4.69, 9.17) is 9.47 Å². The van der Waals surface area contributed by atoms with Crippen molar-refractivity contribution in [1.82, 2.24) is 5.32 Å². The van der Waals surface area contributed by atoms with Crippen LogP contribution in [0, 0.1) is 5.92 Å². The Balaban J connectivity index is 0.000000315. The van der Waals surface area contributed by atoms with Crippen LogP contribution in [0.4, 0.5) is 0 Å². The van der Waals surface area contributed by atoms with Crippen molar-refractivity contribution in [1.29, 1.82) is 0 Å². The van der Waals surface area contributed by atoms with Crippen LogP contribution in [0.2, 0.25) is 0 Å². The molecular weight excluding hydrogens is 262 g/mol. The highest BCUT2D eigenvalue weighted by Crippen LogP contribution is 2.38. The molecule has 0 bridgehead atoms. The maximum absolute atomic E-state index is 5.44. The third-order valence-corrected chi connectivity index (χ3v) is 3.88. The van der Waals surface area contributed by atoms with Gasteiger partial charge in [0, 0.05) is 5.56 Å². The molecule has 1 aromatic carbocycles. The van der Waals surface area contributed by atoms with Gasteiger partial charge in [-0.3, -0.25) is 0 Å². The predicted molar refractivity (Wildman–Crippen MR) is 89.6 cm³/mol. The fourth-order valence-electron chi connectivity index (χ4n) is 2.72. The Bertz CT molecular complexity index is 414. The van der Waals surface area contributed by atoms with E-state index in [9.17, 15) is 0 Å². The van der Waals surface area contributed by atoms with Crippen LogP contribution in [0.15, 0.2) is 12.1 Å². The van der Waals surface area contributed by atoms with Crippen LogP contribution < -0.4 is 14.8 Å². The maximum atomic E-state index is 5.44. The molecule has 1 aliphatic rings. The van der Waals surface area contributed by atoms with Crippen molar-refractivity contribution < 1.29 is 9.47 Å². The Morgan fingerprint density at radius 1 is 1.19 bits per heavy atom. The van der Waals surface area contributed by atoms with Crippen molar-refractivity contribution >= 4 is 0 Å². The minimum atomic E-state index is 0.788. The summed E-state index contributed by atoms with van der Waals surface area (Å²) >= 11 is 0. The van der Waals surface area contributed by atoms with Crippen molar-refractivity contribution in [3.63, 3.8) is 0 Å². The van der Waals surface area contributed by atoms with Gasteiger partial charge in [-0.15, -0.1) is 0 Å². The maximum Gasteiger partial charge on any atom is 0.164 e. The minimum absolute atomic E-state index is 0.788. The summed E-state index contributed by atoms with van der Waals surface area (Å²) in [4.78, 5) is 0. The molecule has 0 amide bonds. The van der Waals surface area contributed by atoms with Gasteiger partial charge in [0.15, 0.2) is 11.5 Å². The number of rotatable bonds is 5. The Kier molecular flexibility index (Phi) is 8.21. The molecule has 0 aliphatic heterocycles. The zero-order valence-corrected chi connectivity index (χ0v) is 14.3. The molecule has 0 saturated heterocycles. The van der Waals surface area contributed by atoms with E-state index in [1.807, 2.05) is 6.07 Å². The fourth-order valence-corrected chi connectivity index (χ4v) is 2.72. The van der Waals surface area contributed by atoms with Crippen molar-refractivity contribution in [3.05, 3.63) is 23.3 Å². The van der Waals surface area contributed by atoms with Gasteiger partial charge in [0.25, 0.3) is 0 Å². The smallest absolute Gasteiger partial charge is 0.164 e. The third-order valence-electron chi connectivity index (χ3n) is 3.88. The van der Waals surface area contributed by atoms with E-state index >= 15 is 0 Å². The first-order chi connectivity index (χ1) is 10.2. The van der Waals surface area contributed by atoms with E-state index in [0.29, 0.717) is 0 Å². The van der Waals surface area contributed by atoms with E-state index in [1.54, 1.807) is 14.2 Å². The Morgan fingerprint density at radius 3 is 2.48 bits per heavy atom. The number of benzene rings is 1. The van der Waals surface area contributed by atoms with Crippen molar-refractivity contribution in [2.24, 2.45) is 5.92 Å². The van der Waals surface area contributed by atoms with Gasteiger partial charge in [0.1, 0.15) is 0 Å². The van der Waals surface area contributed by atoms with Gasteiger partial charge < -0.3 is 14.8 Å². The van der Waals surface area contributed by atoms with Crippen LogP contribution >= 0.6 is 0 Å². The second-order valence-corrected chi connectivity index (χ2v) is 5.64. The van der Waals surface area contributed by atoms with Crippen molar-refractivity contribution in [2.45, 2.75) is 46.5 Å². The number of hydrogen-bond donors (Lipinski definition) is 1. The summed E-state index contributed by atoms with van der Waals surface area (Å²) in [6, 6.07) is 4.18. The average molecular weight is 293 g/mol. The van der Waals surface area contributed by atoms with Crippen LogP contribution in [0.25, 0.3) is 0 Å². The topological polar surface area (TPSA) is 30.5 Å². The van der Waals surface area contributed by atoms with Gasteiger partial charge in [0.05, 0.1) is 14.2 Å². The quantitative estimate of drug-likeness (QED) is 0.837. The monoisotopic (exact) mass is 293 g/mol. The van der Waals surface area contributed by atoms with E-state index < -0.39 is 0 Å². The first-order valence-electron chi connectivity index (χ1n) is 8.11. The lowest BCUT2D eigenvalue weighted by Crippen LogP contribution is -2.12. The van der Waals surface area contributed by atoms with Crippen LogP contribution in [0.3, 0.4) is 0 Å². The molecule has 3 heteroatoms. The van der Waals surface area contributed by atoms with Gasteiger partial charge in [-0.25, -0.2) is 0 Å². The molecule has 0 spiro atoms. The van der Waals surface area contributed by atoms with Gasteiger partial charge in [-0.05, 0) is 56.3 Å². The number of nitrogens with one attached hydrogen (secondary N) is 1. The Morgan fingerprint density at radius 2 is 1.95 bits per heavy atom. The molecule has 0 radical (unpaired) electrons. The SMILES string of the molecule is CCCNCC.COc1ccc2c(c1OC)CCC(C)C2. The average Bonchev–Trinajstić information content (AvgIpc) is 2.52. The predicted octanol–water partition coefficient (Wildman–Crippen LogP) is 3.83. The summed E-state index contributed by atoms with van der Waals surface area (Å²) < 4.78 is 10.7. The van der Waals surface area contributed by atoms with Crippen LogP contribution in [0.1, 0.15) is 44.7 Å². The normalized spacial score (nSPS) is 16.5. The molecule has 2 rings (SSSR count).